The van der Waals surface area contributed by atoms with E-state index in [0.29, 0.717) is 0 Å². The lowest BCUT2D eigenvalue weighted by Crippen LogP contribution is -2.10. The second-order valence-corrected chi connectivity index (χ2v) is 3.88. The van der Waals surface area contributed by atoms with Crippen LogP contribution in [0.4, 0.5) is 10.5 Å². The lowest BCUT2D eigenvalue weighted by atomic mass is 10.2. The molecular weight excluding hydrogens is 286 g/mol. The maximum absolute atomic E-state index is 11.4. The molecule has 22 heavy (non-hydrogen) atoms. The first-order valence-electron chi connectivity index (χ1n) is 6.78. The van der Waals surface area contributed by atoms with Crippen molar-refractivity contribution in [2.75, 3.05) is 0 Å². The van der Waals surface area contributed by atoms with Crippen LogP contribution in [0.2, 0.25) is 0 Å². The Morgan fingerprint density at radius 2 is 1.64 bits per heavy atom. The van der Waals surface area contributed by atoms with Crippen molar-refractivity contribution in [2.45, 2.75) is 20.5 Å². The topological polar surface area (TPSA) is 78.7 Å². The Morgan fingerprint density at radius 3 is 2.18 bits per heavy atom. The first-order chi connectivity index (χ1) is 10.6. The molecule has 0 aliphatic rings. The van der Waals surface area contributed by atoms with Crippen LogP contribution in [-0.2, 0) is 11.3 Å². The molecule has 0 fully saturated rings. The van der Waals surface area contributed by atoms with E-state index in [1.165, 1.54) is 24.3 Å². The van der Waals surface area contributed by atoms with Crippen molar-refractivity contribution in [3.63, 3.8) is 0 Å². The maximum Gasteiger partial charge on any atom is 0.514 e. The van der Waals surface area contributed by atoms with Gasteiger partial charge in [0.25, 0.3) is 5.69 Å². The Bertz CT molecular complexity index is 596. The van der Waals surface area contributed by atoms with Gasteiger partial charge in [-0.05, 0) is 17.7 Å². The molecule has 0 aliphatic carbocycles. The average Bonchev–Trinajstić information content (AvgIpc) is 2.56. The molecule has 0 radical (unpaired) electrons. The van der Waals surface area contributed by atoms with Crippen molar-refractivity contribution in [2.24, 2.45) is 0 Å². The molecule has 0 heterocycles. The van der Waals surface area contributed by atoms with Gasteiger partial charge >= 0.3 is 6.16 Å². The van der Waals surface area contributed by atoms with Crippen LogP contribution in [0.25, 0.3) is 0 Å². The number of ether oxygens (including phenoxy) is 2. The van der Waals surface area contributed by atoms with Gasteiger partial charge in [-0.25, -0.2) is 4.79 Å². The Kier molecular flexibility index (Phi) is 7.12. The Balaban J connectivity index is 0.00000116. The highest BCUT2D eigenvalue weighted by atomic mass is 16.7. The molecule has 0 unspecified atom stereocenters. The Morgan fingerprint density at radius 1 is 1.05 bits per heavy atom. The van der Waals surface area contributed by atoms with Crippen molar-refractivity contribution in [1.82, 2.24) is 0 Å². The average molecular weight is 303 g/mol. The molecule has 2 aromatic rings. The largest absolute Gasteiger partial charge is 0.514 e. The quantitative estimate of drug-likeness (QED) is 0.363. The number of nitro groups is 1. The normalized spacial score (nSPS) is 9.18. The van der Waals surface area contributed by atoms with Crippen molar-refractivity contribution in [3.8, 4) is 5.75 Å². The molecule has 6 nitrogen and oxygen atoms in total. The summed E-state index contributed by atoms with van der Waals surface area (Å²) in [5, 5.41) is 10.5. The molecule has 0 saturated carbocycles. The van der Waals surface area contributed by atoms with E-state index in [4.69, 9.17) is 9.47 Å². The number of benzene rings is 2. The standard InChI is InChI=1S/C14H11NO5.C2H6/c16-14(19-10-11-4-2-1-3-5-11)20-13-8-6-12(7-9-13)15(17)18;1-2/h1-9H,10H2;1-2H3. The highest BCUT2D eigenvalue weighted by Crippen LogP contribution is 2.17. The van der Waals surface area contributed by atoms with Crippen LogP contribution < -0.4 is 4.74 Å². The van der Waals surface area contributed by atoms with Gasteiger partial charge in [0.1, 0.15) is 12.4 Å². The molecule has 0 aromatic heterocycles. The first kappa shape index (κ1) is 17.2. The smallest absolute Gasteiger partial charge is 0.429 e. The summed E-state index contributed by atoms with van der Waals surface area (Å²) in [6.07, 6.45) is -0.859. The van der Waals surface area contributed by atoms with Gasteiger partial charge in [-0.1, -0.05) is 44.2 Å². The van der Waals surface area contributed by atoms with Gasteiger partial charge in [0.2, 0.25) is 0 Å². The van der Waals surface area contributed by atoms with Gasteiger partial charge in [0, 0.05) is 12.1 Å². The molecule has 0 aliphatic heterocycles. The van der Waals surface area contributed by atoms with Crippen LogP contribution in [0.3, 0.4) is 0 Å². The number of hydrogen-bond donors (Lipinski definition) is 0. The number of carbonyl (C=O) groups is 1. The molecular formula is C16H17NO5. The Hall–Kier alpha value is -2.89. The van der Waals surface area contributed by atoms with Crippen LogP contribution in [0.5, 0.6) is 5.75 Å². The number of hydrogen-bond acceptors (Lipinski definition) is 5. The molecule has 116 valence electrons. The minimum atomic E-state index is -0.859. The summed E-state index contributed by atoms with van der Waals surface area (Å²) in [5.74, 6) is 0.189. The highest BCUT2D eigenvalue weighted by molar-refractivity contribution is 5.64. The van der Waals surface area contributed by atoms with Crippen LogP contribution in [-0.4, -0.2) is 11.1 Å². The monoisotopic (exact) mass is 303 g/mol. The summed E-state index contributed by atoms with van der Waals surface area (Å²) in [5.41, 5.74) is 0.767. The number of nitrogens with zero attached hydrogens (tertiary/aromatic N) is 1. The van der Waals surface area contributed by atoms with Gasteiger partial charge in [0.15, 0.2) is 0 Å². The van der Waals surface area contributed by atoms with E-state index < -0.39 is 11.1 Å². The maximum atomic E-state index is 11.4. The van der Waals surface area contributed by atoms with Gasteiger partial charge in [-0.2, -0.15) is 0 Å². The molecule has 2 aromatic carbocycles. The van der Waals surface area contributed by atoms with Crippen molar-refractivity contribution in [3.05, 3.63) is 70.3 Å². The van der Waals surface area contributed by atoms with E-state index >= 15 is 0 Å². The van der Waals surface area contributed by atoms with E-state index in [2.05, 4.69) is 0 Å². The summed E-state index contributed by atoms with van der Waals surface area (Å²) in [6, 6.07) is 14.3. The van der Waals surface area contributed by atoms with Gasteiger partial charge < -0.3 is 9.47 Å². The lowest BCUT2D eigenvalue weighted by Gasteiger charge is -2.05. The molecule has 6 heteroatoms. The third kappa shape index (κ3) is 5.62. The number of non-ortho nitro benzene ring substituents is 1. The third-order valence-corrected chi connectivity index (χ3v) is 2.45. The van der Waals surface area contributed by atoms with E-state index in [0.717, 1.165) is 5.56 Å². The number of carbonyl (C=O) groups excluding carboxylic acids is 1. The van der Waals surface area contributed by atoms with Crippen molar-refractivity contribution < 1.29 is 19.2 Å². The minimum absolute atomic E-state index is 0.0741. The van der Waals surface area contributed by atoms with Crippen LogP contribution in [0.15, 0.2) is 54.6 Å². The van der Waals surface area contributed by atoms with E-state index in [1.807, 2.05) is 44.2 Å². The van der Waals surface area contributed by atoms with Gasteiger partial charge in [-0.15, -0.1) is 0 Å². The van der Waals surface area contributed by atoms with E-state index in [-0.39, 0.29) is 18.0 Å². The summed E-state index contributed by atoms with van der Waals surface area (Å²) in [4.78, 5) is 21.4. The van der Waals surface area contributed by atoms with Crippen molar-refractivity contribution >= 4 is 11.8 Å². The predicted molar refractivity (Wildman–Crippen MR) is 81.7 cm³/mol. The summed E-state index contributed by atoms with van der Waals surface area (Å²) >= 11 is 0. The molecule has 0 bridgehead atoms. The second-order valence-electron chi connectivity index (χ2n) is 3.88. The third-order valence-electron chi connectivity index (χ3n) is 2.45. The zero-order chi connectivity index (χ0) is 16.4. The highest BCUT2D eigenvalue weighted by Gasteiger charge is 2.09. The van der Waals surface area contributed by atoms with Crippen LogP contribution in [0, 0.1) is 10.1 Å². The second kappa shape index (κ2) is 9.12. The number of nitro benzene ring substituents is 1. The molecule has 2 rings (SSSR count). The van der Waals surface area contributed by atoms with Crippen molar-refractivity contribution in [1.29, 1.82) is 0 Å². The summed E-state index contributed by atoms with van der Waals surface area (Å²) < 4.78 is 9.80. The molecule has 0 spiro atoms. The summed E-state index contributed by atoms with van der Waals surface area (Å²) in [7, 11) is 0. The fraction of sp³-hybridized carbons (Fsp3) is 0.188. The molecule has 0 N–H and O–H groups in total. The fourth-order valence-electron chi connectivity index (χ4n) is 1.48. The zero-order valence-electron chi connectivity index (χ0n) is 12.4. The van der Waals surface area contributed by atoms with Crippen LogP contribution >= 0.6 is 0 Å². The summed E-state index contributed by atoms with van der Waals surface area (Å²) in [6.45, 7) is 4.10. The zero-order valence-corrected chi connectivity index (χ0v) is 12.4. The predicted octanol–water partition coefficient (Wildman–Crippen LogP) is 4.34. The number of rotatable bonds is 4. The first-order valence-corrected chi connectivity index (χ1v) is 6.78. The molecule has 0 amide bonds. The van der Waals surface area contributed by atoms with Gasteiger partial charge in [0.05, 0.1) is 4.92 Å². The van der Waals surface area contributed by atoms with E-state index in [9.17, 15) is 14.9 Å². The van der Waals surface area contributed by atoms with Crippen LogP contribution in [0.1, 0.15) is 19.4 Å². The fourth-order valence-corrected chi connectivity index (χ4v) is 1.48. The SMILES string of the molecule is CC.O=C(OCc1ccccc1)Oc1ccc([N+](=O)[O-])cc1. The van der Waals surface area contributed by atoms with E-state index in [1.54, 1.807) is 0 Å². The molecule has 0 saturated heterocycles. The molecule has 0 atom stereocenters. The van der Waals surface area contributed by atoms with Gasteiger partial charge in [-0.3, -0.25) is 10.1 Å². The Labute approximate surface area is 128 Å². The lowest BCUT2D eigenvalue weighted by molar-refractivity contribution is -0.384. The minimum Gasteiger partial charge on any atom is -0.429 e.